The van der Waals surface area contributed by atoms with Crippen LogP contribution < -0.4 is 10.6 Å². The highest BCUT2D eigenvalue weighted by Gasteiger charge is 2.16. The topological polar surface area (TPSA) is 57.2 Å². The van der Waals surface area contributed by atoms with Crippen LogP contribution >= 0.6 is 23.2 Å². The average molecular weight is 306 g/mol. The first-order valence-corrected chi connectivity index (χ1v) is 7.22. The van der Waals surface area contributed by atoms with Crippen LogP contribution in [-0.4, -0.2) is 29.3 Å². The lowest BCUT2D eigenvalue weighted by molar-refractivity contribution is 0.267. The van der Waals surface area contributed by atoms with Crippen molar-refractivity contribution in [2.75, 3.05) is 23.8 Å². The lowest BCUT2D eigenvalue weighted by Crippen LogP contribution is -2.27. The number of aliphatic hydroxyl groups is 1. The smallest absolute Gasteiger partial charge is 0.147 e. The second-order valence-corrected chi connectivity index (χ2v) is 5.50. The van der Waals surface area contributed by atoms with Gasteiger partial charge in [-0.2, -0.15) is 0 Å². The van der Waals surface area contributed by atoms with Crippen LogP contribution in [0.2, 0.25) is 10.0 Å². The molecule has 0 radical (unpaired) electrons. The van der Waals surface area contributed by atoms with Crippen LogP contribution in [0.15, 0.2) is 6.07 Å². The molecule has 1 heterocycles. The number of hydrogen-bond acceptors (Lipinski definition) is 4. The molecule has 1 rings (SSSR count). The fourth-order valence-electron chi connectivity index (χ4n) is 1.75. The third kappa shape index (κ3) is 4.71. The molecule has 1 unspecified atom stereocenters. The highest BCUT2D eigenvalue weighted by molar-refractivity contribution is 6.37. The van der Waals surface area contributed by atoms with Crippen molar-refractivity contribution in [3.63, 3.8) is 0 Å². The SMILES string of the molecule is CCNc1nc(NC(CCO)C(C)C)c(Cl)cc1Cl. The van der Waals surface area contributed by atoms with Gasteiger partial charge in [-0.15, -0.1) is 0 Å². The number of nitrogens with zero attached hydrogens (tertiary/aromatic N) is 1. The summed E-state index contributed by atoms with van der Waals surface area (Å²) in [6.07, 6.45) is 0.648. The number of rotatable bonds is 7. The van der Waals surface area contributed by atoms with Crippen LogP contribution in [0.5, 0.6) is 0 Å². The third-order valence-corrected chi connectivity index (χ3v) is 3.42. The van der Waals surface area contributed by atoms with Gasteiger partial charge in [-0.05, 0) is 25.3 Å². The van der Waals surface area contributed by atoms with E-state index in [0.29, 0.717) is 34.0 Å². The minimum atomic E-state index is 0.116. The molecular formula is C13H21Cl2N3O. The van der Waals surface area contributed by atoms with Gasteiger partial charge in [0, 0.05) is 19.2 Å². The molecule has 1 aromatic heterocycles. The van der Waals surface area contributed by atoms with E-state index in [1.54, 1.807) is 6.07 Å². The van der Waals surface area contributed by atoms with Crippen LogP contribution in [0.3, 0.4) is 0 Å². The molecule has 0 aliphatic carbocycles. The number of nitrogens with one attached hydrogen (secondary N) is 2. The first-order chi connectivity index (χ1) is 8.99. The lowest BCUT2D eigenvalue weighted by atomic mass is 10.0. The highest BCUT2D eigenvalue weighted by atomic mass is 35.5. The summed E-state index contributed by atoms with van der Waals surface area (Å²) in [6.45, 7) is 7.01. The first kappa shape index (κ1) is 16.3. The highest BCUT2D eigenvalue weighted by Crippen LogP contribution is 2.30. The minimum Gasteiger partial charge on any atom is -0.396 e. The van der Waals surface area contributed by atoms with E-state index < -0.39 is 0 Å². The van der Waals surface area contributed by atoms with Crippen molar-refractivity contribution < 1.29 is 5.11 Å². The van der Waals surface area contributed by atoms with Gasteiger partial charge in [0.1, 0.15) is 11.6 Å². The molecule has 0 aromatic carbocycles. The van der Waals surface area contributed by atoms with Gasteiger partial charge in [0.15, 0.2) is 0 Å². The van der Waals surface area contributed by atoms with Gasteiger partial charge in [0.25, 0.3) is 0 Å². The molecule has 0 bridgehead atoms. The largest absolute Gasteiger partial charge is 0.396 e. The Balaban J connectivity index is 2.95. The summed E-state index contributed by atoms with van der Waals surface area (Å²) in [5.74, 6) is 1.57. The molecule has 0 aliphatic rings. The van der Waals surface area contributed by atoms with E-state index in [1.165, 1.54) is 0 Å². The lowest BCUT2D eigenvalue weighted by Gasteiger charge is -2.23. The van der Waals surface area contributed by atoms with Crippen molar-refractivity contribution in [3.05, 3.63) is 16.1 Å². The standard InChI is InChI=1S/C13H21Cl2N3O/c1-4-16-12-9(14)7-10(15)13(18-12)17-11(5-6-19)8(2)3/h7-8,11,19H,4-6H2,1-3H3,(H2,16,17,18). The average Bonchev–Trinajstić information content (AvgIpc) is 2.34. The van der Waals surface area contributed by atoms with Crippen molar-refractivity contribution in [2.45, 2.75) is 33.2 Å². The molecule has 4 nitrogen and oxygen atoms in total. The Labute approximate surface area is 124 Å². The zero-order valence-corrected chi connectivity index (χ0v) is 13.0. The molecule has 108 valence electrons. The van der Waals surface area contributed by atoms with Gasteiger partial charge in [-0.3, -0.25) is 0 Å². The Hall–Kier alpha value is -0.710. The first-order valence-electron chi connectivity index (χ1n) is 6.46. The molecule has 0 saturated carbocycles. The number of halogens is 2. The van der Waals surface area contributed by atoms with E-state index in [-0.39, 0.29) is 12.6 Å². The summed E-state index contributed by atoms with van der Waals surface area (Å²) >= 11 is 12.2. The predicted octanol–water partition coefficient (Wildman–Crippen LogP) is 3.64. The van der Waals surface area contributed by atoms with Gasteiger partial charge < -0.3 is 15.7 Å². The Morgan fingerprint density at radius 3 is 2.42 bits per heavy atom. The summed E-state index contributed by atoms with van der Waals surface area (Å²) in [7, 11) is 0. The van der Waals surface area contributed by atoms with Crippen molar-refractivity contribution in [2.24, 2.45) is 5.92 Å². The third-order valence-electron chi connectivity index (χ3n) is 2.84. The van der Waals surface area contributed by atoms with E-state index in [9.17, 15) is 0 Å². The van der Waals surface area contributed by atoms with Gasteiger partial charge >= 0.3 is 0 Å². The Morgan fingerprint density at radius 2 is 1.89 bits per heavy atom. The molecule has 1 atom stereocenters. The Kier molecular flexibility index (Phi) is 6.69. The number of aromatic nitrogens is 1. The van der Waals surface area contributed by atoms with Gasteiger partial charge in [-0.1, -0.05) is 37.0 Å². The molecule has 0 aliphatic heterocycles. The summed E-state index contributed by atoms with van der Waals surface area (Å²) in [5, 5.41) is 16.4. The normalized spacial score (nSPS) is 12.6. The Morgan fingerprint density at radius 1 is 1.26 bits per heavy atom. The second kappa shape index (κ2) is 7.78. The van der Waals surface area contributed by atoms with Crippen molar-refractivity contribution in [3.8, 4) is 0 Å². The van der Waals surface area contributed by atoms with Gasteiger partial charge in [-0.25, -0.2) is 4.98 Å². The van der Waals surface area contributed by atoms with Crippen LogP contribution in [-0.2, 0) is 0 Å². The summed E-state index contributed by atoms with van der Waals surface area (Å²) in [4.78, 5) is 4.40. The van der Waals surface area contributed by atoms with Gasteiger partial charge in [0.05, 0.1) is 10.0 Å². The maximum atomic E-state index is 9.09. The maximum Gasteiger partial charge on any atom is 0.147 e. The molecule has 3 N–H and O–H groups in total. The number of aliphatic hydroxyl groups excluding tert-OH is 1. The molecule has 0 spiro atoms. The quantitative estimate of drug-likeness (QED) is 0.720. The van der Waals surface area contributed by atoms with Crippen LogP contribution in [0, 0.1) is 5.92 Å². The molecule has 0 fully saturated rings. The maximum absolute atomic E-state index is 9.09. The van der Waals surface area contributed by atoms with Crippen molar-refractivity contribution in [1.29, 1.82) is 0 Å². The number of anilines is 2. The fourth-order valence-corrected chi connectivity index (χ4v) is 2.23. The van der Waals surface area contributed by atoms with Crippen LogP contribution in [0.1, 0.15) is 27.2 Å². The van der Waals surface area contributed by atoms with Crippen LogP contribution in [0.25, 0.3) is 0 Å². The fraction of sp³-hybridized carbons (Fsp3) is 0.615. The second-order valence-electron chi connectivity index (χ2n) is 4.69. The molecular weight excluding hydrogens is 285 g/mol. The van der Waals surface area contributed by atoms with Crippen molar-refractivity contribution >= 4 is 34.8 Å². The summed E-state index contributed by atoms with van der Waals surface area (Å²) < 4.78 is 0. The minimum absolute atomic E-state index is 0.116. The van der Waals surface area contributed by atoms with Gasteiger partial charge in [0.2, 0.25) is 0 Å². The molecule has 0 amide bonds. The van der Waals surface area contributed by atoms with Crippen LogP contribution in [0.4, 0.5) is 11.6 Å². The van der Waals surface area contributed by atoms with E-state index in [1.807, 2.05) is 6.92 Å². The van der Waals surface area contributed by atoms with E-state index in [0.717, 1.165) is 6.54 Å². The van der Waals surface area contributed by atoms with E-state index in [4.69, 9.17) is 28.3 Å². The monoisotopic (exact) mass is 305 g/mol. The van der Waals surface area contributed by atoms with Crippen molar-refractivity contribution in [1.82, 2.24) is 4.98 Å². The molecule has 1 aromatic rings. The molecule has 6 heteroatoms. The Bertz CT molecular complexity index is 413. The zero-order valence-electron chi connectivity index (χ0n) is 11.5. The summed E-state index contributed by atoms with van der Waals surface area (Å²) in [5.41, 5.74) is 0. The van der Waals surface area contributed by atoms with E-state index in [2.05, 4.69) is 29.5 Å². The number of hydrogen-bond donors (Lipinski definition) is 3. The predicted molar refractivity (Wildman–Crippen MR) is 82.4 cm³/mol. The van der Waals surface area contributed by atoms with E-state index >= 15 is 0 Å². The number of pyridine rings is 1. The molecule has 19 heavy (non-hydrogen) atoms. The zero-order chi connectivity index (χ0) is 14.4. The summed E-state index contributed by atoms with van der Waals surface area (Å²) in [6, 6.07) is 1.79. The molecule has 0 saturated heterocycles.